The third kappa shape index (κ3) is 3.57. The molecule has 0 aliphatic rings. The second-order valence-electron chi connectivity index (χ2n) is 2.73. The van der Waals surface area contributed by atoms with Crippen molar-refractivity contribution in [1.29, 1.82) is 0 Å². The highest BCUT2D eigenvalue weighted by Gasteiger charge is 2.31. The van der Waals surface area contributed by atoms with Crippen molar-refractivity contribution in [1.82, 2.24) is 0 Å². The Morgan fingerprint density at radius 1 is 0.812 bits per heavy atom. The maximum atomic E-state index is 11.4. The maximum Gasteiger partial charge on any atom is 0.318 e. The monoisotopic (exact) mass is 222 g/mol. The molecular formula is C12H14O4. The number of hydrogen-bond donors (Lipinski definition) is 0. The number of ether oxygens (including phenoxy) is 2. The van der Waals surface area contributed by atoms with Crippen LogP contribution >= 0.6 is 0 Å². The Balaban J connectivity index is 4.87. The van der Waals surface area contributed by atoms with Gasteiger partial charge in [-0.15, -0.1) is 13.2 Å². The molecule has 0 bridgehead atoms. The third-order valence-corrected chi connectivity index (χ3v) is 1.84. The van der Waals surface area contributed by atoms with Gasteiger partial charge in [-0.05, 0) is 0 Å². The number of esters is 2. The Morgan fingerprint density at radius 2 is 1.12 bits per heavy atom. The van der Waals surface area contributed by atoms with Crippen LogP contribution in [-0.2, 0) is 19.1 Å². The first-order chi connectivity index (χ1) is 7.62. The molecular weight excluding hydrogens is 208 g/mol. The minimum Gasteiger partial charge on any atom is -0.435 e. The van der Waals surface area contributed by atoms with E-state index < -0.39 is 23.8 Å². The van der Waals surface area contributed by atoms with Crippen LogP contribution in [0.15, 0.2) is 51.0 Å². The molecule has 2 atom stereocenters. The summed E-state index contributed by atoms with van der Waals surface area (Å²) in [6.45, 7) is 13.4. The summed E-state index contributed by atoms with van der Waals surface area (Å²) < 4.78 is 9.16. The summed E-state index contributed by atoms with van der Waals surface area (Å²) in [7, 11) is 0. The molecule has 4 nitrogen and oxygen atoms in total. The van der Waals surface area contributed by atoms with Crippen LogP contribution in [0.25, 0.3) is 0 Å². The minimum atomic E-state index is -0.858. The molecule has 0 heterocycles. The van der Waals surface area contributed by atoms with Gasteiger partial charge in [0.2, 0.25) is 0 Å². The van der Waals surface area contributed by atoms with E-state index in [-0.39, 0.29) is 0 Å². The zero-order valence-corrected chi connectivity index (χ0v) is 8.93. The Hall–Kier alpha value is -2.10. The molecule has 16 heavy (non-hydrogen) atoms. The summed E-state index contributed by atoms with van der Waals surface area (Å²) in [6.07, 6.45) is 4.56. The molecule has 0 aromatic heterocycles. The zero-order chi connectivity index (χ0) is 12.6. The second-order valence-corrected chi connectivity index (χ2v) is 2.73. The molecule has 0 saturated heterocycles. The lowest BCUT2D eigenvalue weighted by atomic mass is 9.92. The van der Waals surface area contributed by atoms with Gasteiger partial charge in [0, 0.05) is 0 Å². The lowest BCUT2D eigenvalue weighted by Gasteiger charge is -2.16. The molecule has 2 unspecified atom stereocenters. The van der Waals surface area contributed by atoms with Crippen molar-refractivity contribution in [3.8, 4) is 0 Å². The van der Waals surface area contributed by atoms with E-state index >= 15 is 0 Å². The molecule has 0 rings (SSSR count). The highest BCUT2D eigenvalue weighted by Crippen LogP contribution is 2.18. The van der Waals surface area contributed by atoms with E-state index in [1.54, 1.807) is 0 Å². The van der Waals surface area contributed by atoms with E-state index in [0.29, 0.717) is 0 Å². The van der Waals surface area contributed by atoms with E-state index in [1.165, 1.54) is 12.2 Å². The molecule has 86 valence electrons. The number of carbonyl (C=O) groups excluding carboxylic acids is 2. The van der Waals surface area contributed by atoms with E-state index in [2.05, 4.69) is 35.8 Å². The lowest BCUT2D eigenvalue weighted by Crippen LogP contribution is -2.28. The first-order valence-electron chi connectivity index (χ1n) is 4.50. The van der Waals surface area contributed by atoms with Gasteiger partial charge in [0.1, 0.15) is 0 Å². The summed E-state index contributed by atoms with van der Waals surface area (Å²) in [5.74, 6) is -3.00. The number of carbonyl (C=O) groups is 2. The largest absolute Gasteiger partial charge is 0.435 e. The van der Waals surface area contributed by atoms with Crippen LogP contribution in [0, 0.1) is 11.8 Å². The smallest absolute Gasteiger partial charge is 0.318 e. The highest BCUT2D eigenvalue weighted by atomic mass is 16.5. The first-order valence-corrected chi connectivity index (χ1v) is 4.50. The summed E-state index contributed by atoms with van der Waals surface area (Å²) in [4.78, 5) is 22.9. The first kappa shape index (κ1) is 13.9. The fourth-order valence-electron chi connectivity index (χ4n) is 1.10. The molecule has 0 aromatic rings. The zero-order valence-electron chi connectivity index (χ0n) is 8.93. The molecule has 0 aromatic carbocycles. The maximum absolute atomic E-state index is 11.4. The topological polar surface area (TPSA) is 52.6 Å². The van der Waals surface area contributed by atoms with Gasteiger partial charge in [-0.1, -0.05) is 25.3 Å². The Kier molecular flexibility index (Phi) is 6.28. The van der Waals surface area contributed by atoms with E-state index in [9.17, 15) is 9.59 Å². The fraction of sp³-hybridized carbons (Fsp3) is 0.167. The Labute approximate surface area is 94.5 Å². The Morgan fingerprint density at radius 3 is 1.31 bits per heavy atom. The number of rotatable bonds is 7. The van der Waals surface area contributed by atoms with Gasteiger partial charge >= 0.3 is 11.9 Å². The minimum absolute atomic E-state index is 0.643. The van der Waals surface area contributed by atoms with E-state index in [4.69, 9.17) is 0 Å². The SMILES string of the molecule is C=COC(=O)C(C=C)C(C=C)C(=O)OC=C. The molecule has 0 radical (unpaired) electrons. The predicted molar refractivity (Wildman–Crippen MR) is 60.0 cm³/mol. The molecule has 0 saturated carbocycles. The summed E-state index contributed by atoms with van der Waals surface area (Å²) >= 11 is 0. The van der Waals surface area contributed by atoms with Gasteiger partial charge in [0.15, 0.2) is 0 Å². The van der Waals surface area contributed by atoms with Crippen molar-refractivity contribution in [3.63, 3.8) is 0 Å². The predicted octanol–water partition coefficient (Wildman–Crippen LogP) is 1.96. The van der Waals surface area contributed by atoms with Crippen molar-refractivity contribution in [2.75, 3.05) is 0 Å². The van der Waals surface area contributed by atoms with Crippen LogP contribution in [-0.4, -0.2) is 11.9 Å². The summed E-state index contributed by atoms with van der Waals surface area (Å²) in [5.41, 5.74) is 0. The lowest BCUT2D eigenvalue weighted by molar-refractivity contribution is -0.150. The molecule has 0 aliphatic carbocycles. The standard InChI is InChI=1S/C12H14O4/c1-5-9(11(13)15-7-3)10(6-2)12(14)16-8-4/h5-10H,1-4H2. The van der Waals surface area contributed by atoms with Gasteiger partial charge in [-0.2, -0.15) is 0 Å². The molecule has 0 fully saturated rings. The van der Waals surface area contributed by atoms with Gasteiger partial charge < -0.3 is 9.47 Å². The molecule has 0 amide bonds. The van der Waals surface area contributed by atoms with Crippen LogP contribution < -0.4 is 0 Å². The van der Waals surface area contributed by atoms with Crippen molar-refractivity contribution < 1.29 is 19.1 Å². The average molecular weight is 222 g/mol. The van der Waals surface area contributed by atoms with Crippen LogP contribution in [0.2, 0.25) is 0 Å². The van der Waals surface area contributed by atoms with E-state index in [0.717, 1.165) is 12.5 Å². The van der Waals surface area contributed by atoms with Gasteiger partial charge in [0.05, 0.1) is 24.4 Å². The second kappa shape index (κ2) is 7.23. The highest BCUT2D eigenvalue weighted by molar-refractivity contribution is 5.85. The van der Waals surface area contributed by atoms with Gasteiger partial charge in [-0.25, -0.2) is 0 Å². The molecule has 4 heteroatoms. The van der Waals surface area contributed by atoms with Crippen LogP contribution in [0.3, 0.4) is 0 Å². The van der Waals surface area contributed by atoms with Crippen molar-refractivity contribution >= 4 is 11.9 Å². The van der Waals surface area contributed by atoms with Gasteiger partial charge in [0.25, 0.3) is 0 Å². The third-order valence-electron chi connectivity index (χ3n) is 1.84. The van der Waals surface area contributed by atoms with Gasteiger partial charge in [-0.3, -0.25) is 9.59 Å². The normalized spacial score (nSPS) is 12.8. The van der Waals surface area contributed by atoms with Crippen LogP contribution in [0.4, 0.5) is 0 Å². The van der Waals surface area contributed by atoms with E-state index in [1.807, 2.05) is 0 Å². The molecule has 0 spiro atoms. The van der Waals surface area contributed by atoms with Crippen molar-refractivity contribution in [2.45, 2.75) is 0 Å². The van der Waals surface area contributed by atoms with Crippen molar-refractivity contribution in [2.24, 2.45) is 11.8 Å². The number of hydrogen-bond acceptors (Lipinski definition) is 4. The fourth-order valence-corrected chi connectivity index (χ4v) is 1.10. The summed E-state index contributed by atoms with van der Waals surface area (Å²) in [5, 5.41) is 0. The summed E-state index contributed by atoms with van der Waals surface area (Å²) in [6, 6.07) is 0. The van der Waals surface area contributed by atoms with Crippen molar-refractivity contribution in [3.05, 3.63) is 51.0 Å². The van der Waals surface area contributed by atoms with Crippen LogP contribution in [0.5, 0.6) is 0 Å². The Bertz CT molecular complexity index is 285. The average Bonchev–Trinajstić information content (AvgIpc) is 2.25. The quantitative estimate of drug-likeness (QED) is 0.375. The molecule has 0 aliphatic heterocycles. The molecule has 0 N–H and O–H groups in total. The van der Waals surface area contributed by atoms with Crippen LogP contribution in [0.1, 0.15) is 0 Å².